The molecule has 8 aromatic heterocycles. The van der Waals surface area contributed by atoms with Crippen LogP contribution < -0.4 is 35.6 Å². The second kappa shape index (κ2) is 78.6. The van der Waals surface area contributed by atoms with E-state index in [1.807, 2.05) is 445 Å². The van der Waals surface area contributed by atoms with E-state index in [2.05, 4.69) is 86.0 Å². The van der Waals surface area contributed by atoms with E-state index in [1.54, 1.807) is 48.2 Å². The molecule has 4 aliphatic heterocycles. The Bertz CT molecular complexity index is 5580. The van der Waals surface area contributed by atoms with Gasteiger partial charge >= 0.3 is 11.4 Å². The van der Waals surface area contributed by atoms with Crippen LogP contribution in [0, 0.1) is 0 Å². The molecule has 0 saturated carbocycles. The van der Waals surface area contributed by atoms with E-state index in [4.69, 9.17) is 36.6 Å². The molecular weight excluding hydrogens is 1720 g/mol. The molecule has 24 rings (SSSR count). The van der Waals surface area contributed by atoms with E-state index >= 15 is 0 Å². The van der Waals surface area contributed by atoms with Gasteiger partial charge in [-0.15, -0.1) is 11.3 Å². The molecule has 0 aliphatic carbocycles. The number of nitrogens with zero attached hydrogens (tertiary/aromatic N) is 7. The topological polar surface area (TPSA) is 272 Å². The maximum absolute atomic E-state index is 10.7. The van der Waals surface area contributed by atoms with Crippen molar-refractivity contribution in [3.63, 3.8) is 0 Å². The fourth-order valence-electron chi connectivity index (χ4n) is 11.0. The zero-order chi connectivity index (χ0) is 100. The summed E-state index contributed by atoms with van der Waals surface area (Å²) in [5.41, 5.74) is 16.3. The number of para-hydroxylation sites is 16. The van der Waals surface area contributed by atoms with Crippen molar-refractivity contribution in [1.82, 2.24) is 40.1 Å². The van der Waals surface area contributed by atoms with Crippen molar-refractivity contribution in [3.05, 3.63) is 391 Å². The second-order valence-electron chi connectivity index (χ2n) is 24.0. The predicted octanol–water partition coefficient (Wildman–Crippen LogP) is 33.9. The van der Waals surface area contributed by atoms with Crippen molar-refractivity contribution in [2.75, 3.05) is 25.4 Å². The fraction of sp³-hybridized carbons (Fsp3) is 0.254. The maximum atomic E-state index is 10.7. The van der Waals surface area contributed by atoms with Crippen LogP contribution in [0.1, 0.15) is 177 Å². The fourth-order valence-corrected chi connectivity index (χ4v) is 11.7. The van der Waals surface area contributed by atoms with Gasteiger partial charge in [-0.2, -0.15) is 15.3 Å². The number of imidazole rings is 1. The van der Waals surface area contributed by atoms with Crippen molar-refractivity contribution in [2.24, 2.45) is 10.2 Å². The Balaban J connectivity index is 0.000000727. The molecule has 0 unspecified atom stereocenters. The summed E-state index contributed by atoms with van der Waals surface area (Å²) < 4.78 is 41.7. The largest absolute Gasteiger partial charge is 0.493 e. The Morgan fingerprint density at radius 3 is 1.44 bits per heavy atom. The van der Waals surface area contributed by atoms with Crippen LogP contribution in [-0.2, 0) is 13.0 Å². The van der Waals surface area contributed by atoms with Crippen molar-refractivity contribution >= 4 is 110 Å². The minimum atomic E-state index is -0.402. The lowest BCUT2D eigenvalue weighted by molar-refractivity contribution is 0.174. The number of hydrogen-bond donors (Lipinski definition) is 4. The van der Waals surface area contributed by atoms with E-state index < -0.39 is 5.76 Å². The highest BCUT2D eigenvalue weighted by atomic mass is 32.1. The molecule has 136 heavy (non-hydrogen) atoms. The van der Waals surface area contributed by atoms with Gasteiger partial charge in [0, 0.05) is 45.8 Å². The minimum Gasteiger partial charge on any atom is -0.493 e. The summed E-state index contributed by atoms with van der Waals surface area (Å²) in [4.78, 5) is 43.2. The SMILES string of the molecule is CC.CC.CC.CC.CC.CC.CC.CC.CC.CC.CC.CC.O=c1[nH]c2ccccc2o1.O=c1ccc2ccccc2o1.c1ccc2[nH]cnc2c1.c1ccc2[nH]ncc2c1.c1ccc2c(c1)CCO2.c1ccc2c(c1)CN=N2.c1ccc2c(c1)NCO2.c1ccc2c(c1)OCO2.c1ccc2ncccc2c1.c1ccc2occc2c1.c1ccc2ocnc2c1.c1ccc2scnc2c1. The van der Waals surface area contributed by atoms with Gasteiger partial charge in [0.15, 0.2) is 35.8 Å². The van der Waals surface area contributed by atoms with Crippen LogP contribution in [0.4, 0.5) is 11.4 Å². The van der Waals surface area contributed by atoms with E-state index in [0.29, 0.717) is 24.7 Å². The number of thiazole rings is 1. The third-order valence-corrected chi connectivity index (χ3v) is 17.4. The van der Waals surface area contributed by atoms with Crippen LogP contribution in [0.5, 0.6) is 23.0 Å². The molecule has 0 bridgehead atoms. The maximum Gasteiger partial charge on any atom is 0.417 e. The zero-order valence-electron chi connectivity index (χ0n) is 84.2. The average Bonchev–Trinajstić information content (AvgIpc) is 1.59. The number of pyridine rings is 1. The molecule has 0 spiro atoms. The number of nitrogens with one attached hydrogen (secondary N) is 4. The highest BCUT2D eigenvalue weighted by Crippen LogP contribution is 2.31. The molecule has 0 radical (unpaired) electrons. The lowest BCUT2D eigenvalue weighted by Crippen LogP contribution is -1.96. The quantitative estimate of drug-likeness (QED) is 0.103. The molecule has 4 aliphatic rings. The van der Waals surface area contributed by atoms with E-state index in [9.17, 15) is 9.59 Å². The number of H-pyrrole nitrogens is 3. The van der Waals surface area contributed by atoms with Gasteiger partial charge in [0.25, 0.3) is 0 Å². The molecule has 12 heterocycles. The average molecular weight is 1860 g/mol. The smallest absolute Gasteiger partial charge is 0.417 e. The summed E-state index contributed by atoms with van der Waals surface area (Å²) in [5, 5.41) is 22.1. The summed E-state index contributed by atoms with van der Waals surface area (Å²) >= 11 is 1.68. The molecule has 722 valence electrons. The number of benzene rings is 12. The van der Waals surface area contributed by atoms with Crippen molar-refractivity contribution in [1.29, 1.82) is 0 Å². The van der Waals surface area contributed by atoms with Crippen LogP contribution in [0.2, 0.25) is 0 Å². The lowest BCUT2D eigenvalue weighted by atomic mass is 10.2. The lowest BCUT2D eigenvalue weighted by Gasteiger charge is -1.93. The Kier molecular flexibility index (Phi) is 68.8. The Morgan fingerprint density at radius 1 is 0.346 bits per heavy atom. The number of ether oxygens (including phenoxy) is 4. The van der Waals surface area contributed by atoms with Gasteiger partial charge in [0.2, 0.25) is 6.79 Å². The standard InChI is InChI=1S/C9H7N.C9H6O2.C8H8O.C8H6O.3C7H6N2.C7H5NO2.C7H7NO.C7H5NO.C7H5NS.C7H6O2.12C2H6/c1-2-6-9-8(4-1)5-3-7-10-9;10-9-6-5-7-3-1-2-4-8(7)11-9;2*1-2-4-8-7(3-1)5-6-9-8;1-2-4-7-6(3-1)8-5-9-7;2*1-2-4-7-6(3-1)5-8-9-7;9-7-8-5-3-1-2-4-6(5)10-7;4*1-2-4-7-6(3-1)8-5-9-7;12*1-2/h1-7H;1-6H;1-4H,5-6H2;1-6H;1-5H,(H,8,9);1-4H,5H2;1-5H,(H,8,9);1-4H,(H,8,9);1-4,8H,5H2;2*1-5H;1-4H,5H2;12*1-2H3. The first kappa shape index (κ1) is 119. The first-order valence-corrected chi connectivity index (χ1v) is 48.3. The third kappa shape index (κ3) is 43.6. The number of hydrogen-bond acceptors (Lipinski definition) is 19. The summed E-state index contributed by atoms with van der Waals surface area (Å²) in [7, 11) is 0. The molecular formula is C114H145N11O10S. The Hall–Kier alpha value is -15.0. The van der Waals surface area contributed by atoms with E-state index in [0.717, 1.165) is 120 Å². The van der Waals surface area contributed by atoms with Gasteiger partial charge < -0.3 is 46.9 Å². The second-order valence-corrected chi connectivity index (χ2v) is 24.9. The van der Waals surface area contributed by atoms with Crippen molar-refractivity contribution in [3.8, 4) is 23.0 Å². The zero-order valence-corrected chi connectivity index (χ0v) is 85.0. The Morgan fingerprint density at radius 2 is 0.846 bits per heavy atom. The predicted molar refractivity (Wildman–Crippen MR) is 578 cm³/mol. The summed E-state index contributed by atoms with van der Waals surface area (Å²) in [5.74, 6) is 3.31. The van der Waals surface area contributed by atoms with E-state index in [1.165, 1.54) is 33.7 Å². The number of aromatic amines is 3. The van der Waals surface area contributed by atoms with E-state index in [-0.39, 0.29) is 5.63 Å². The summed E-state index contributed by atoms with van der Waals surface area (Å²) in [6.07, 6.45) is 9.55. The van der Waals surface area contributed by atoms with Crippen LogP contribution >= 0.6 is 11.3 Å². The van der Waals surface area contributed by atoms with Gasteiger partial charge in [-0.1, -0.05) is 354 Å². The molecule has 20 aromatic rings. The van der Waals surface area contributed by atoms with Gasteiger partial charge in [-0.05, 0) is 133 Å². The van der Waals surface area contributed by atoms with Gasteiger partial charge in [0.1, 0.15) is 28.2 Å². The molecule has 0 fully saturated rings. The highest BCUT2D eigenvalue weighted by molar-refractivity contribution is 7.16. The number of anilines is 1. The van der Waals surface area contributed by atoms with Crippen molar-refractivity contribution in [2.45, 2.75) is 179 Å². The highest BCUT2D eigenvalue weighted by Gasteiger charge is 2.11. The van der Waals surface area contributed by atoms with Crippen molar-refractivity contribution < 1.29 is 36.6 Å². The van der Waals surface area contributed by atoms with Crippen LogP contribution in [0.25, 0.3) is 87.2 Å². The summed E-state index contributed by atoms with van der Waals surface area (Å²) in [6, 6.07) is 103. The number of fused-ring (bicyclic) bond motifs is 12. The molecule has 12 aromatic carbocycles. The molecule has 0 atom stereocenters. The normalized spacial score (nSPS) is 9.94. The number of azo groups is 1. The molecule has 0 saturated heterocycles. The Labute approximate surface area is 810 Å². The monoisotopic (exact) mass is 1860 g/mol. The molecule has 0 amide bonds. The first-order chi connectivity index (χ1) is 67.4. The van der Waals surface area contributed by atoms with Crippen LogP contribution in [0.15, 0.2) is 396 Å². The number of rotatable bonds is 0. The summed E-state index contributed by atoms with van der Waals surface area (Å²) in [6.45, 7) is 50.6. The molecule has 4 N–H and O–H groups in total. The van der Waals surface area contributed by atoms with Gasteiger partial charge in [0.05, 0.1) is 86.6 Å². The third-order valence-electron chi connectivity index (χ3n) is 16.5. The van der Waals surface area contributed by atoms with Gasteiger partial charge in [-0.3, -0.25) is 15.1 Å². The number of oxazole rings is 2. The molecule has 21 nitrogen and oxygen atoms in total. The minimum absolute atomic E-state index is 0.302. The van der Waals surface area contributed by atoms with Gasteiger partial charge in [-0.25, -0.2) is 24.5 Å². The van der Waals surface area contributed by atoms with Crippen LogP contribution in [0.3, 0.4) is 0 Å². The van der Waals surface area contributed by atoms with Crippen LogP contribution in [-0.4, -0.2) is 60.2 Å². The number of furan rings is 1. The number of aromatic nitrogens is 8. The molecule has 22 heteroatoms. The first-order valence-electron chi connectivity index (χ1n) is 47.5.